The molecule has 31 heavy (non-hydrogen) atoms. The standard InChI is InChI=1S/C22H23N3O5S/c1-4-29-19-10-8-18(9-11-19)25-31(27,28)20-12-5-17(6-13-20)7-14-21-22(23-16(3)26)15(2)24-30-21/h5-14,25H,4H2,1-3H3,(H,23,26). The highest BCUT2D eigenvalue weighted by molar-refractivity contribution is 7.92. The van der Waals surface area contributed by atoms with E-state index in [-0.39, 0.29) is 10.8 Å². The fourth-order valence-electron chi connectivity index (χ4n) is 2.76. The molecule has 1 amide bonds. The van der Waals surface area contributed by atoms with Gasteiger partial charge in [0.15, 0.2) is 5.76 Å². The second kappa shape index (κ2) is 9.48. The Kier molecular flexibility index (Phi) is 6.76. The molecule has 0 spiro atoms. The van der Waals surface area contributed by atoms with Gasteiger partial charge in [-0.15, -0.1) is 0 Å². The summed E-state index contributed by atoms with van der Waals surface area (Å²) in [5.74, 6) is 0.849. The molecule has 0 saturated heterocycles. The van der Waals surface area contributed by atoms with Crippen molar-refractivity contribution in [3.63, 3.8) is 0 Å². The van der Waals surface area contributed by atoms with Crippen molar-refractivity contribution in [1.29, 1.82) is 0 Å². The maximum absolute atomic E-state index is 12.6. The van der Waals surface area contributed by atoms with Crippen LogP contribution in [-0.4, -0.2) is 26.1 Å². The molecule has 0 aliphatic carbocycles. The third-order valence-corrected chi connectivity index (χ3v) is 5.62. The largest absolute Gasteiger partial charge is 0.494 e. The summed E-state index contributed by atoms with van der Waals surface area (Å²) >= 11 is 0. The topological polar surface area (TPSA) is 111 Å². The van der Waals surface area contributed by atoms with Crippen molar-refractivity contribution in [2.45, 2.75) is 25.7 Å². The van der Waals surface area contributed by atoms with Gasteiger partial charge in [-0.25, -0.2) is 8.42 Å². The van der Waals surface area contributed by atoms with E-state index in [0.717, 1.165) is 5.56 Å². The van der Waals surface area contributed by atoms with Gasteiger partial charge in [0.05, 0.1) is 11.5 Å². The summed E-state index contributed by atoms with van der Waals surface area (Å²) in [5.41, 5.74) is 2.26. The van der Waals surface area contributed by atoms with Gasteiger partial charge < -0.3 is 14.6 Å². The summed E-state index contributed by atoms with van der Waals surface area (Å²) in [6.07, 6.45) is 3.40. The van der Waals surface area contributed by atoms with Crippen molar-refractivity contribution in [2.24, 2.45) is 0 Å². The Morgan fingerprint density at radius 1 is 1.10 bits per heavy atom. The normalized spacial score (nSPS) is 11.5. The van der Waals surface area contributed by atoms with Crippen LogP contribution in [0.5, 0.6) is 5.75 Å². The Bertz CT molecular complexity index is 1180. The van der Waals surface area contributed by atoms with Gasteiger partial charge in [-0.3, -0.25) is 9.52 Å². The molecule has 9 heteroatoms. The van der Waals surface area contributed by atoms with Gasteiger partial charge in [-0.1, -0.05) is 23.4 Å². The highest BCUT2D eigenvalue weighted by Crippen LogP contribution is 2.23. The first-order valence-corrected chi connectivity index (χ1v) is 11.0. The molecule has 2 N–H and O–H groups in total. The summed E-state index contributed by atoms with van der Waals surface area (Å²) in [6.45, 7) is 5.55. The van der Waals surface area contributed by atoms with Gasteiger partial charge in [0, 0.05) is 12.6 Å². The van der Waals surface area contributed by atoms with Crippen LogP contribution in [-0.2, 0) is 14.8 Å². The predicted octanol–water partition coefficient (Wildman–Crippen LogP) is 4.31. The van der Waals surface area contributed by atoms with Crippen molar-refractivity contribution < 1.29 is 22.5 Å². The lowest BCUT2D eigenvalue weighted by Gasteiger charge is -2.09. The number of aryl methyl sites for hydroxylation is 1. The average molecular weight is 442 g/mol. The van der Waals surface area contributed by atoms with Crippen LogP contribution in [0.4, 0.5) is 11.4 Å². The quantitative estimate of drug-likeness (QED) is 0.539. The third-order valence-electron chi connectivity index (χ3n) is 4.23. The molecule has 0 aliphatic rings. The van der Waals surface area contributed by atoms with Gasteiger partial charge in [0.25, 0.3) is 10.0 Å². The number of ether oxygens (including phenoxy) is 1. The molecule has 3 aromatic rings. The number of amides is 1. The van der Waals surface area contributed by atoms with Gasteiger partial charge in [-0.05, 0) is 61.9 Å². The van der Waals surface area contributed by atoms with E-state index in [0.29, 0.717) is 35.2 Å². The van der Waals surface area contributed by atoms with E-state index in [1.54, 1.807) is 55.5 Å². The van der Waals surface area contributed by atoms with Crippen LogP contribution in [0, 0.1) is 6.92 Å². The van der Waals surface area contributed by atoms with Crippen molar-refractivity contribution >= 4 is 39.5 Å². The van der Waals surface area contributed by atoms with Gasteiger partial charge in [-0.2, -0.15) is 0 Å². The summed E-state index contributed by atoms with van der Waals surface area (Å²) < 4.78 is 38.4. The number of carbonyl (C=O) groups excluding carboxylic acids is 1. The maximum Gasteiger partial charge on any atom is 0.261 e. The Balaban J connectivity index is 1.72. The molecular weight excluding hydrogens is 418 g/mol. The van der Waals surface area contributed by atoms with E-state index < -0.39 is 10.0 Å². The molecule has 0 bridgehead atoms. The fourth-order valence-corrected chi connectivity index (χ4v) is 3.82. The highest BCUT2D eigenvalue weighted by atomic mass is 32.2. The highest BCUT2D eigenvalue weighted by Gasteiger charge is 2.14. The number of nitrogens with one attached hydrogen (secondary N) is 2. The van der Waals surface area contributed by atoms with E-state index in [1.807, 2.05) is 6.92 Å². The Morgan fingerprint density at radius 3 is 2.39 bits per heavy atom. The molecule has 1 heterocycles. The molecule has 0 saturated carbocycles. The smallest absolute Gasteiger partial charge is 0.261 e. The maximum atomic E-state index is 12.6. The first kappa shape index (κ1) is 22.1. The molecule has 3 rings (SSSR count). The van der Waals surface area contributed by atoms with Crippen LogP contribution >= 0.6 is 0 Å². The van der Waals surface area contributed by atoms with E-state index in [9.17, 15) is 13.2 Å². The Morgan fingerprint density at radius 2 is 1.77 bits per heavy atom. The number of hydrogen-bond acceptors (Lipinski definition) is 6. The van der Waals surface area contributed by atoms with Crippen LogP contribution in [0.25, 0.3) is 12.2 Å². The number of sulfonamides is 1. The van der Waals surface area contributed by atoms with Crippen LogP contribution < -0.4 is 14.8 Å². The number of anilines is 2. The minimum Gasteiger partial charge on any atom is -0.494 e. The minimum absolute atomic E-state index is 0.132. The van der Waals surface area contributed by atoms with E-state index >= 15 is 0 Å². The van der Waals surface area contributed by atoms with Crippen LogP contribution in [0.2, 0.25) is 0 Å². The zero-order chi connectivity index (χ0) is 22.4. The summed E-state index contributed by atoms with van der Waals surface area (Å²) in [7, 11) is -3.73. The number of carbonyl (C=O) groups is 1. The van der Waals surface area contributed by atoms with Crippen LogP contribution in [0.15, 0.2) is 57.9 Å². The van der Waals surface area contributed by atoms with Crippen molar-refractivity contribution in [2.75, 3.05) is 16.6 Å². The summed E-state index contributed by atoms with van der Waals surface area (Å²) in [4.78, 5) is 11.5. The van der Waals surface area contributed by atoms with Crippen LogP contribution in [0.3, 0.4) is 0 Å². The first-order chi connectivity index (χ1) is 14.8. The number of hydrogen-bond donors (Lipinski definition) is 2. The lowest BCUT2D eigenvalue weighted by molar-refractivity contribution is -0.114. The second-order valence-corrected chi connectivity index (χ2v) is 8.34. The molecule has 0 radical (unpaired) electrons. The molecule has 1 aromatic heterocycles. The Hall–Kier alpha value is -3.59. The molecule has 2 aromatic carbocycles. The third kappa shape index (κ3) is 5.73. The van der Waals surface area contributed by atoms with Gasteiger partial charge in [0.2, 0.25) is 5.91 Å². The van der Waals surface area contributed by atoms with E-state index in [4.69, 9.17) is 9.26 Å². The molecule has 162 valence electrons. The van der Waals surface area contributed by atoms with Crippen molar-refractivity contribution in [1.82, 2.24) is 5.16 Å². The molecular formula is C22H23N3O5S. The molecule has 0 aliphatic heterocycles. The zero-order valence-electron chi connectivity index (χ0n) is 17.4. The van der Waals surface area contributed by atoms with E-state index in [1.165, 1.54) is 19.1 Å². The second-order valence-electron chi connectivity index (χ2n) is 6.65. The summed E-state index contributed by atoms with van der Waals surface area (Å²) in [5, 5.41) is 6.53. The average Bonchev–Trinajstić information content (AvgIpc) is 3.07. The lowest BCUT2D eigenvalue weighted by atomic mass is 10.2. The van der Waals surface area contributed by atoms with Gasteiger partial charge >= 0.3 is 0 Å². The van der Waals surface area contributed by atoms with Crippen LogP contribution in [0.1, 0.15) is 30.9 Å². The molecule has 8 nitrogen and oxygen atoms in total. The number of rotatable bonds is 8. The zero-order valence-corrected chi connectivity index (χ0v) is 18.2. The summed E-state index contributed by atoms with van der Waals surface area (Å²) in [6, 6.07) is 13.1. The molecule has 0 atom stereocenters. The number of benzene rings is 2. The van der Waals surface area contributed by atoms with Crippen molar-refractivity contribution in [3.05, 3.63) is 65.5 Å². The first-order valence-electron chi connectivity index (χ1n) is 9.56. The fraction of sp³-hybridized carbons (Fsp3) is 0.182. The predicted molar refractivity (Wildman–Crippen MR) is 119 cm³/mol. The van der Waals surface area contributed by atoms with Crippen molar-refractivity contribution in [3.8, 4) is 5.75 Å². The Labute approximate surface area is 181 Å². The van der Waals surface area contributed by atoms with E-state index in [2.05, 4.69) is 15.2 Å². The number of nitrogens with zero attached hydrogens (tertiary/aromatic N) is 1. The molecule has 0 fully saturated rings. The SMILES string of the molecule is CCOc1ccc(NS(=O)(=O)c2ccc(C=Cc3onc(C)c3NC(C)=O)cc2)cc1. The molecule has 0 unspecified atom stereocenters. The number of aromatic nitrogens is 1. The lowest BCUT2D eigenvalue weighted by Crippen LogP contribution is -2.12. The monoisotopic (exact) mass is 441 g/mol. The minimum atomic E-state index is -3.73. The van der Waals surface area contributed by atoms with Gasteiger partial charge in [0.1, 0.15) is 17.1 Å².